The van der Waals surface area contributed by atoms with Gasteiger partial charge in [-0.05, 0) is 19.3 Å². The first-order valence-corrected chi connectivity index (χ1v) is 8.77. The van der Waals surface area contributed by atoms with Crippen LogP contribution >= 0.6 is 0 Å². The number of carboxylic acid groups (broad SMARTS) is 1. The molecule has 1 unspecified atom stereocenters. The summed E-state index contributed by atoms with van der Waals surface area (Å²) in [6, 6.07) is -1.68. The Morgan fingerprint density at radius 3 is 2.38 bits per heavy atom. The Bertz CT molecular complexity index is 470. The van der Waals surface area contributed by atoms with Gasteiger partial charge in [0.05, 0.1) is 11.9 Å². The number of urea groups is 1. The monoisotopic (exact) mass is 322 g/mol. The van der Waals surface area contributed by atoms with Crippen LogP contribution in [0.25, 0.3) is 0 Å². The number of amides is 2. The van der Waals surface area contributed by atoms with E-state index in [4.69, 9.17) is 9.84 Å². The van der Waals surface area contributed by atoms with Crippen LogP contribution in [0.2, 0.25) is 0 Å². The summed E-state index contributed by atoms with van der Waals surface area (Å²) in [4.78, 5) is 24.6. The van der Waals surface area contributed by atoms with E-state index < -0.39 is 27.9 Å². The molecule has 0 saturated carbocycles. The first-order chi connectivity index (χ1) is 9.73. The number of aliphatic carboxylic acids is 1. The SMILES string of the molecule is COC1CCN(C(=O)NC(CCS(C)(=O)=O)C(=O)O)CC1. The zero-order valence-electron chi connectivity index (χ0n) is 12.2. The van der Waals surface area contributed by atoms with Crippen LogP contribution in [0.4, 0.5) is 4.79 Å². The molecule has 0 aromatic rings. The molecule has 1 saturated heterocycles. The van der Waals surface area contributed by atoms with Crippen LogP contribution in [-0.2, 0) is 19.4 Å². The Hall–Kier alpha value is -1.35. The van der Waals surface area contributed by atoms with Crippen LogP contribution in [0.5, 0.6) is 0 Å². The van der Waals surface area contributed by atoms with Crippen molar-refractivity contribution in [2.75, 3.05) is 32.2 Å². The number of ether oxygens (including phenoxy) is 1. The number of sulfone groups is 1. The minimum atomic E-state index is -3.27. The summed E-state index contributed by atoms with van der Waals surface area (Å²) in [5.41, 5.74) is 0. The first-order valence-electron chi connectivity index (χ1n) is 6.71. The largest absolute Gasteiger partial charge is 0.480 e. The number of nitrogens with one attached hydrogen (secondary N) is 1. The summed E-state index contributed by atoms with van der Waals surface area (Å²) >= 11 is 0. The Morgan fingerprint density at radius 1 is 1.38 bits per heavy atom. The van der Waals surface area contributed by atoms with Crippen LogP contribution < -0.4 is 5.32 Å². The maximum absolute atomic E-state index is 12.0. The highest BCUT2D eigenvalue weighted by atomic mass is 32.2. The van der Waals surface area contributed by atoms with E-state index in [0.717, 1.165) is 6.26 Å². The standard InChI is InChI=1S/C12H22N2O6S/c1-20-9-3-6-14(7-4-9)12(17)13-10(11(15)16)5-8-21(2,18)19/h9-10H,3-8H2,1-2H3,(H,13,17)(H,15,16). The lowest BCUT2D eigenvalue weighted by atomic mass is 10.1. The molecule has 0 radical (unpaired) electrons. The molecule has 0 bridgehead atoms. The van der Waals surface area contributed by atoms with Gasteiger partial charge in [-0.15, -0.1) is 0 Å². The van der Waals surface area contributed by atoms with Gasteiger partial charge in [0.2, 0.25) is 0 Å². The lowest BCUT2D eigenvalue weighted by Gasteiger charge is -2.32. The van der Waals surface area contributed by atoms with E-state index >= 15 is 0 Å². The van der Waals surface area contributed by atoms with Crippen LogP contribution in [0.1, 0.15) is 19.3 Å². The molecule has 1 atom stereocenters. The predicted molar refractivity (Wildman–Crippen MR) is 75.9 cm³/mol. The number of hydrogen-bond acceptors (Lipinski definition) is 5. The van der Waals surface area contributed by atoms with Crippen LogP contribution in [0, 0.1) is 0 Å². The summed E-state index contributed by atoms with van der Waals surface area (Å²) in [5.74, 6) is -1.52. The summed E-state index contributed by atoms with van der Waals surface area (Å²) in [6.07, 6.45) is 2.41. The third-order valence-electron chi connectivity index (χ3n) is 3.44. The molecule has 21 heavy (non-hydrogen) atoms. The normalized spacial score (nSPS) is 18.3. The molecule has 1 aliphatic heterocycles. The summed E-state index contributed by atoms with van der Waals surface area (Å²) in [6.45, 7) is 0.978. The van der Waals surface area contributed by atoms with E-state index in [1.54, 1.807) is 7.11 Å². The van der Waals surface area contributed by atoms with E-state index in [1.807, 2.05) is 0 Å². The van der Waals surface area contributed by atoms with Crippen molar-refractivity contribution in [3.05, 3.63) is 0 Å². The van der Waals surface area contributed by atoms with Gasteiger partial charge in [0.25, 0.3) is 0 Å². The number of rotatable bonds is 6. The Kier molecular flexibility index (Phi) is 6.41. The van der Waals surface area contributed by atoms with Crippen molar-refractivity contribution in [1.29, 1.82) is 0 Å². The Balaban J connectivity index is 2.51. The molecule has 1 aliphatic rings. The molecule has 1 fully saturated rings. The van der Waals surface area contributed by atoms with Gasteiger partial charge in [-0.1, -0.05) is 0 Å². The molecule has 0 spiro atoms. The van der Waals surface area contributed by atoms with Gasteiger partial charge in [0, 0.05) is 26.5 Å². The number of likely N-dealkylation sites (tertiary alicyclic amines) is 1. The Morgan fingerprint density at radius 2 is 1.95 bits per heavy atom. The van der Waals surface area contributed by atoms with Crippen LogP contribution in [-0.4, -0.2) is 74.8 Å². The highest BCUT2D eigenvalue weighted by molar-refractivity contribution is 7.90. The van der Waals surface area contributed by atoms with Gasteiger partial charge in [0.15, 0.2) is 0 Å². The number of hydrogen-bond donors (Lipinski definition) is 2. The minimum absolute atomic E-state index is 0.120. The van der Waals surface area contributed by atoms with Gasteiger partial charge >= 0.3 is 12.0 Å². The minimum Gasteiger partial charge on any atom is -0.480 e. The fourth-order valence-electron chi connectivity index (χ4n) is 2.12. The molecule has 122 valence electrons. The number of piperidine rings is 1. The van der Waals surface area contributed by atoms with E-state index in [1.165, 1.54) is 4.90 Å². The highest BCUT2D eigenvalue weighted by Gasteiger charge is 2.27. The first kappa shape index (κ1) is 17.7. The fraction of sp³-hybridized carbons (Fsp3) is 0.833. The number of methoxy groups -OCH3 is 1. The van der Waals surface area contributed by atoms with Gasteiger partial charge < -0.3 is 20.1 Å². The summed E-state index contributed by atoms with van der Waals surface area (Å²) in [5, 5.41) is 11.4. The van der Waals surface area contributed by atoms with Crippen molar-refractivity contribution in [3.63, 3.8) is 0 Å². The zero-order chi connectivity index (χ0) is 16.0. The number of carboxylic acids is 1. The lowest BCUT2D eigenvalue weighted by Crippen LogP contribution is -2.51. The average molecular weight is 322 g/mol. The highest BCUT2D eigenvalue weighted by Crippen LogP contribution is 2.13. The van der Waals surface area contributed by atoms with E-state index in [0.29, 0.717) is 25.9 Å². The second kappa shape index (κ2) is 7.60. The molecule has 8 nitrogen and oxygen atoms in total. The molecule has 1 rings (SSSR count). The van der Waals surface area contributed by atoms with Crippen molar-refractivity contribution < 1.29 is 27.9 Å². The van der Waals surface area contributed by atoms with Crippen LogP contribution in [0.15, 0.2) is 0 Å². The number of carbonyl (C=O) groups excluding carboxylic acids is 1. The molecule has 0 aromatic carbocycles. The van der Waals surface area contributed by atoms with Crippen molar-refractivity contribution in [1.82, 2.24) is 10.2 Å². The van der Waals surface area contributed by atoms with Gasteiger partial charge in [0.1, 0.15) is 15.9 Å². The second-order valence-electron chi connectivity index (χ2n) is 5.18. The zero-order valence-corrected chi connectivity index (χ0v) is 13.1. The predicted octanol–water partition coefficient (Wildman–Crippen LogP) is -0.305. The fourth-order valence-corrected chi connectivity index (χ4v) is 2.79. The second-order valence-corrected chi connectivity index (χ2v) is 7.44. The van der Waals surface area contributed by atoms with Crippen molar-refractivity contribution in [3.8, 4) is 0 Å². The smallest absolute Gasteiger partial charge is 0.326 e. The van der Waals surface area contributed by atoms with Crippen molar-refractivity contribution in [2.24, 2.45) is 0 Å². The number of carbonyl (C=O) groups is 2. The van der Waals surface area contributed by atoms with E-state index in [-0.39, 0.29) is 18.3 Å². The van der Waals surface area contributed by atoms with E-state index in [9.17, 15) is 18.0 Å². The number of nitrogens with zero attached hydrogens (tertiary/aromatic N) is 1. The topological polar surface area (TPSA) is 113 Å². The van der Waals surface area contributed by atoms with Gasteiger partial charge in [-0.25, -0.2) is 18.0 Å². The average Bonchev–Trinajstić information content (AvgIpc) is 2.42. The quantitative estimate of drug-likeness (QED) is 0.694. The molecule has 9 heteroatoms. The molecule has 2 amide bonds. The van der Waals surface area contributed by atoms with Gasteiger partial charge in [-0.2, -0.15) is 0 Å². The van der Waals surface area contributed by atoms with E-state index in [2.05, 4.69) is 5.32 Å². The maximum Gasteiger partial charge on any atom is 0.326 e. The molecule has 2 N–H and O–H groups in total. The Labute approximate surface area is 124 Å². The van der Waals surface area contributed by atoms with Crippen molar-refractivity contribution >= 4 is 21.8 Å². The molecule has 1 heterocycles. The van der Waals surface area contributed by atoms with Gasteiger partial charge in [-0.3, -0.25) is 0 Å². The third-order valence-corrected chi connectivity index (χ3v) is 4.41. The third kappa shape index (κ3) is 6.30. The maximum atomic E-state index is 12.0. The molecular formula is C12H22N2O6S. The molecular weight excluding hydrogens is 300 g/mol. The van der Waals surface area contributed by atoms with Crippen molar-refractivity contribution in [2.45, 2.75) is 31.4 Å². The molecule has 0 aliphatic carbocycles. The molecule has 0 aromatic heterocycles. The summed E-state index contributed by atoms with van der Waals surface area (Å²) < 4.78 is 27.4. The summed E-state index contributed by atoms with van der Waals surface area (Å²) in [7, 11) is -1.65. The lowest BCUT2D eigenvalue weighted by molar-refractivity contribution is -0.139. The van der Waals surface area contributed by atoms with Crippen LogP contribution in [0.3, 0.4) is 0 Å².